The van der Waals surface area contributed by atoms with Gasteiger partial charge in [-0.25, -0.2) is 0 Å². The van der Waals surface area contributed by atoms with Crippen molar-refractivity contribution in [2.45, 2.75) is 40.0 Å². The minimum atomic E-state index is 1.24. The molecule has 0 N–H and O–H groups in total. The predicted octanol–water partition coefficient (Wildman–Crippen LogP) is 2.90. The van der Waals surface area contributed by atoms with E-state index < -0.39 is 0 Å². The van der Waals surface area contributed by atoms with Gasteiger partial charge in [0.1, 0.15) is 0 Å². The topological polar surface area (TPSA) is 12.9 Å². The summed E-state index contributed by atoms with van der Waals surface area (Å²) in [6.45, 7) is 6.15. The highest BCUT2D eigenvalue weighted by molar-refractivity contribution is 5.34. The average Bonchev–Trinajstić information content (AvgIpc) is 2.57. The lowest BCUT2D eigenvalue weighted by atomic mass is 10.1. The Hall–Kier alpha value is -0.850. The summed E-state index contributed by atoms with van der Waals surface area (Å²) in [5.74, 6) is 0. The molecule has 2 rings (SSSR count). The van der Waals surface area contributed by atoms with Gasteiger partial charge in [0.05, 0.1) is 0 Å². The third-order valence-electron chi connectivity index (χ3n) is 2.24. The average molecular weight is 163 g/mol. The molecule has 1 aliphatic carbocycles. The highest BCUT2D eigenvalue weighted by Crippen LogP contribution is 2.22. The van der Waals surface area contributed by atoms with Gasteiger partial charge in [0, 0.05) is 12.4 Å². The summed E-state index contributed by atoms with van der Waals surface area (Å²) in [5.41, 5.74) is 4.39. The summed E-state index contributed by atoms with van der Waals surface area (Å²) < 4.78 is 0. The lowest BCUT2D eigenvalue weighted by molar-refractivity contribution is 0.909. The first-order chi connectivity index (χ1) is 5.88. The zero-order chi connectivity index (χ0) is 8.97. The van der Waals surface area contributed by atoms with Crippen molar-refractivity contribution in [3.8, 4) is 0 Å². The molecule has 0 bridgehead atoms. The Morgan fingerprint density at radius 3 is 2.58 bits per heavy atom. The maximum Gasteiger partial charge on any atom is 0.0302 e. The molecule has 12 heavy (non-hydrogen) atoms. The number of hydrogen-bond donors (Lipinski definition) is 0. The fraction of sp³-hybridized carbons (Fsp3) is 0.545. The van der Waals surface area contributed by atoms with Crippen molar-refractivity contribution in [3.63, 3.8) is 0 Å². The fourth-order valence-electron chi connectivity index (χ4n) is 1.68. The summed E-state index contributed by atoms with van der Waals surface area (Å²) in [5, 5.41) is 0. The van der Waals surface area contributed by atoms with Crippen LogP contribution in [0, 0.1) is 6.92 Å². The lowest BCUT2D eigenvalue weighted by Crippen LogP contribution is -1.87. The van der Waals surface area contributed by atoms with Gasteiger partial charge in [-0.05, 0) is 42.9 Å². The van der Waals surface area contributed by atoms with Gasteiger partial charge in [-0.15, -0.1) is 0 Å². The van der Waals surface area contributed by atoms with Crippen molar-refractivity contribution < 1.29 is 0 Å². The van der Waals surface area contributed by atoms with Crippen LogP contribution in [0.4, 0.5) is 0 Å². The van der Waals surface area contributed by atoms with Gasteiger partial charge >= 0.3 is 0 Å². The van der Waals surface area contributed by atoms with Crippen LogP contribution in [0.2, 0.25) is 0 Å². The predicted molar refractivity (Wildman–Crippen MR) is 52.3 cm³/mol. The Balaban J connectivity index is 0.000000336. The number of fused-ring (bicyclic) bond motifs is 1. The quantitative estimate of drug-likeness (QED) is 0.573. The van der Waals surface area contributed by atoms with Crippen LogP contribution in [0.5, 0.6) is 0 Å². The highest BCUT2D eigenvalue weighted by Gasteiger charge is 2.11. The molecule has 0 spiro atoms. The molecule has 1 heteroatoms. The van der Waals surface area contributed by atoms with E-state index >= 15 is 0 Å². The Morgan fingerprint density at radius 1 is 1.17 bits per heavy atom. The molecule has 1 heterocycles. The van der Waals surface area contributed by atoms with Crippen LogP contribution in [0.1, 0.15) is 37.0 Å². The molecule has 66 valence electrons. The standard InChI is InChI=1S/C9H11N.C2H6/c1-7-5-10-6-8-3-2-4-9(7)8;1-2/h5-6H,2-4H2,1H3;1-2H3. The van der Waals surface area contributed by atoms with Crippen molar-refractivity contribution in [1.82, 2.24) is 4.98 Å². The van der Waals surface area contributed by atoms with Crippen LogP contribution < -0.4 is 0 Å². The van der Waals surface area contributed by atoms with Gasteiger partial charge in [-0.3, -0.25) is 4.98 Å². The molecule has 0 radical (unpaired) electrons. The summed E-state index contributed by atoms with van der Waals surface area (Å²) in [4.78, 5) is 4.16. The SMILES string of the molecule is CC.Cc1cncc2c1CCC2. The van der Waals surface area contributed by atoms with Crippen LogP contribution in [0.25, 0.3) is 0 Å². The molecule has 0 atom stereocenters. The smallest absolute Gasteiger partial charge is 0.0302 e. The molecule has 0 fully saturated rings. The van der Waals surface area contributed by atoms with E-state index in [-0.39, 0.29) is 0 Å². The number of aromatic nitrogens is 1. The molecule has 0 aliphatic heterocycles. The molecule has 1 aromatic rings. The molecular formula is C11H17N. The minimum Gasteiger partial charge on any atom is -0.264 e. The molecule has 0 unspecified atom stereocenters. The van der Waals surface area contributed by atoms with Crippen molar-refractivity contribution in [1.29, 1.82) is 0 Å². The molecule has 0 saturated heterocycles. The second-order valence-electron chi connectivity index (χ2n) is 2.95. The van der Waals surface area contributed by atoms with Crippen molar-refractivity contribution >= 4 is 0 Å². The van der Waals surface area contributed by atoms with Crippen molar-refractivity contribution in [3.05, 3.63) is 29.1 Å². The normalized spacial score (nSPS) is 13.2. The van der Waals surface area contributed by atoms with Crippen LogP contribution in [-0.4, -0.2) is 4.98 Å². The third-order valence-corrected chi connectivity index (χ3v) is 2.24. The Bertz CT molecular complexity index is 253. The van der Waals surface area contributed by atoms with Gasteiger partial charge in [-0.1, -0.05) is 13.8 Å². The maximum atomic E-state index is 4.16. The van der Waals surface area contributed by atoms with Crippen LogP contribution >= 0.6 is 0 Å². The molecule has 1 aromatic heterocycles. The van der Waals surface area contributed by atoms with E-state index in [1.807, 2.05) is 26.2 Å². The van der Waals surface area contributed by atoms with Gasteiger partial charge in [-0.2, -0.15) is 0 Å². The first kappa shape index (κ1) is 9.24. The summed E-state index contributed by atoms with van der Waals surface area (Å²) in [6, 6.07) is 0. The monoisotopic (exact) mass is 163 g/mol. The molecule has 1 nitrogen and oxygen atoms in total. The second kappa shape index (κ2) is 4.24. The van der Waals surface area contributed by atoms with E-state index in [4.69, 9.17) is 0 Å². The number of rotatable bonds is 0. The lowest BCUT2D eigenvalue weighted by Gasteiger charge is -1.99. The number of nitrogens with zero attached hydrogens (tertiary/aromatic N) is 1. The summed E-state index contributed by atoms with van der Waals surface area (Å²) in [6.07, 6.45) is 7.80. The van der Waals surface area contributed by atoms with Gasteiger partial charge in [0.15, 0.2) is 0 Å². The first-order valence-electron chi connectivity index (χ1n) is 4.80. The molecule has 0 saturated carbocycles. The van der Waals surface area contributed by atoms with Crippen molar-refractivity contribution in [2.24, 2.45) is 0 Å². The van der Waals surface area contributed by atoms with Gasteiger partial charge < -0.3 is 0 Å². The third kappa shape index (κ3) is 1.66. The van der Waals surface area contributed by atoms with E-state index in [2.05, 4.69) is 11.9 Å². The van der Waals surface area contributed by atoms with E-state index in [0.717, 1.165) is 0 Å². The Kier molecular flexibility index (Phi) is 3.27. The van der Waals surface area contributed by atoms with Crippen LogP contribution in [0.3, 0.4) is 0 Å². The zero-order valence-electron chi connectivity index (χ0n) is 8.22. The first-order valence-corrected chi connectivity index (χ1v) is 4.80. The van der Waals surface area contributed by atoms with Gasteiger partial charge in [0.2, 0.25) is 0 Å². The fourth-order valence-corrected chi connectivity index (χ4v) is 1.68. The molecule has 0 aromatic carbocycles. The van der Waals surface area contributed by atoms with E-state index in [1.54, 1.807) is 5.56 Å². The molecule has 1 aliphatic rings. The Labute approximate surface area is 74.8 Å². The Morgan fingerprint density at radius 2 is 1.92 bits per heavy atom. The largest absolute Gasteiger partial charge is 0.264 e. The maximum absolute atomic E-state index is 4.16. The van der Waals surface area contributed by atoms with Crippen molar-refractivity contribution in [2.75, 3.05) is 0 Å². The number of aryl methyl sites for hydroxylation is 2. The number of hydrogen-bond acceptors (Lipinski definition) is 1. The highest BCUT2D eigenvalue weighted by atomic mass is 14.6. The molecular weight excluding hydrogens is 146 g/mol. The molecule has 0 amide bonds. The van der Waals surface area contributed by atoms with Gasteiger partial charge in [0.25, 0.3) is 0 Å². The van der Waals surface area contributed by atoms with E-state index in [9.17, 15) is 0 Å². The minimum absolute atomic E-state index is 1.24. The van der Waals surface area contributed by atoms with Crippen LogP contribution in [0.15, 0.2) is 12.4 Å². The summed E-state index contributed by atoms with van der Waals surface area (Å²) >= 11 is 0. The van der Waals surface area contributed by atoms with E-state index in [0.29, 0.717) is 0 Å². The van der Waals surface area contributed by atoms with Crippen LogP contribution in [-0.2, 0) is 12.8 Å². The zero-order valence-corrected chi connectivity index (χ0v) is 8.22. The summed E-state index contributed by atoms with van der Waals surface area (Å²) in [7, 11) is 0. The number of pyridine rings is 1. The second-order valence-corrected chi connectivity index (χ2v) is 2.95. The van der Waals surface area contributed by atoms with E-state index in [1.165, 1.54) is 30.4 Å².